The van der Waals surface area contributed by atoms with Gasteiger partial charge in [-0.25, -0.2) is 28.4 Å². The van der Waals surface area contributed by atoms with Gasteiger partial charge in [-0.2, -0.15) is 0 Å². The van der Waals surface area contributed by atoms with E-state index in [2.05, 4.69) is 9.97 Å². The predicted molar refractivity (Wildman–Crippen MR) is 160 cm³/mol. The molecule has 0 aliphatic carbocycles. The number of rotatable bonds is 4. The second kappa shape index (κ2) is 14.8. The number of carbonyl (C=O) groups excluding carboxylic acids is 1. The number of hydrogen-bond acceptors (Lipinski definition) is 6. The number of aliphatic hydroxyl groups excluding tert-OH is 1. The summed E-state index contributed by atoms with van der Waals surface area (Å²) >= 11 is 11.9. The first-order valence-corrected chi connectivity index (χ1v) is 12.4. The molecule has 6 rings (SSSR count). The normalized spacial score (nSPS) is 11.0. The van der Waals surface area contributed by atoms with Gasteiger partial charge < -0.3 is 29.5 Å². The summed E-state index contributed by atoms with van der Waals surface area (Å²) in [5.41, 5.74) is 1.95. The third-order valence-electron chi connectivity index (χ3n) is 5.91. The van der Waals surface area contributed by atoms with Crippen molar-refractivity contribution < 1.29 is 26.9 Å². The second-order valence-electron chi connectivity index (χ2n) is 8.39. The Balaban J connectivity index is 0.000000274. The number of hydrogen-bond donors (Lipinski definition) is 1. The van der Waals surface area contributed by atoms with Crippen molar-refractivity contribution in [3.05, 3.63) is 135 Å². The van der Waals surface area contributed by atoms with E-state index in [9.17, 15) is 19.5 Å². The summed E-state index contributed by atoms with van der Waals surface area (Å²) in [6, 6.07) is 21.2. The van der Waals surface area contributed by atoms with Gasteiger partial charge in [0.15, 0.2) is 6.29 Å². The van der Waals surface area contributed by atoms with Gasteiger partial charge >= 0.3 is 34.4 Å². The zero-order valence-corrected chi connectivity index (χ0v) is 26.9. The molecule has 42 heavy (non-hydrogen) atoms. The van der Waals surface area contributed by atoms with E-state index in [0.29, 0.717) is 34.6 Å². The smallest absolute Gasteiger partial charge is 1.00 e. The van der Waals surface area contributed by atoms with Crippen molar-refractivity contribution in [3.8, 4) is 11.4 Å². The molecule has 0 spiro atoms. The Hall–Kier alpha value is -3.26. The van der Waals surface area contributed by atoms with Crippen LogP contribution in [0.5, 0.6) is 0 Å². The van der Waals surface area contributed by atoms with E-state index in [4.69, 9.17) is 23.2 Å². The molecule has 0 saturated carbocycles. The van der Waals surface area contributed by atoms with E-state index in [-0.39, 0.29) is 69.2 Å². The summed E-state index contributed by atoms with van der Waals surface area (Å²) in [7, 11) is 0. The maximum Gasteiger partial charge on any atom is 2.00 e. The minimum absolute atomic E-state index is 0. The van der Waals surface area contributed by atoms with Crippen LogP contribution in [0.15, 0.2) is 94.8 Å². The molecule has 212 valence electrons. The largest absolute Gasteiger partial charge is 2.00 e. The topological polar surface area (TPSA) is 116 Å². The number of aliphatic hydroxyl groups is 1. The van der Waals surface area contributed by atoms with Gasteiger partial charge in [0.05, 0.1) is 41.3 Å². The fourth-order valence-electron chi connectivity index (χ4n) is 4.15. The first-order valence-electron chi connectivity index (χ1n) is 11.6. The Kier molecular flexibility index (Phi) is 12.3. The number of imidazole rings is 2. The van der Waals surface area contributed by atoms with E-state index in [0.717, 1.165) is 0 Å². The van der Waals surface area contributed by atoms with E-state index in [1.54, 1.807) is 49.4 Å². The standard InChI is InChI=1S/C14H12ClN3O2.C13H8ClN3O2.CH3.BrH.Mg/c1-9(19)11-7-13-16-8-12(15)18(13)14(20)17(11)10-5-3-2-4-6-10;14-11-7-15-12-6-10(8-18)16(13(19)17(11)12)9-4-2-1-3-5-9;;;/h2-9,19H,1H3;1-8H;1H3;1H;/q;;-1;;+2/p-1. The Morgan fingerprint density at radius 2 is 1.21 bits per heavy atom. The number of halogens is 3. The second-order valence-corrected chi connectivity index (χ2v) is 9.16. The number of para-hydroxylation sites is 2. The van der Waals surface area contributed by atoms with Crippen molar-refractivity contribution in [1.29, 1.82) is 0 Å². The molecule has 6 aromatic rings. The minimum Gasteiger partial charge on any atom is -1.00 e. The maximum atomic E-state index is 12.6. The number of benzene rings is 2. The molecule has 1 unspecified atom stereocenters. The van der Waals surface area contributed by atoms with Crippen LogP contribution in [0.2, 0.25) is 10.3 Å². The average Bonchev–Trinajstić information content (AvgIpc) is 3.52. The summed E-state index contributed by atoms with van der Waals surface area (Å²) in [6.45, 7) is 1.61. The maximum absolute atomic E-state index is 12.6. The third kappa shape index (κ3) is 6.53. The molecule has 0 amide bonds. The van der Waals surface area contributed by atoms with Gasteiger partial charge in [0.25, 0.3) is 0 Å². The Bertz CT molecular complexity index is 1940. The molecule has 14 heteroatoms. The molecule has 4 heterocycles. The van der Waals surface area contributed by atoms with Gasteiger partial charge in [-0.05, 0) is 31.2 Å². The number of aromatic nitrogens is 6. The van der Waals surface area contributed by atoms with Crippen LogP contribution in [0.1, 0.15) is 29.2 Å². The quantitative estimate of drug-likeness (QED) is 0.170. The molecule has 1 N–H and O–H groups in total. The van der Waals surface area contributed by atoms with Crippen molar-refractivity contribution in [2.45, 2.75) is 13.0 Å². The van der Waals surface area contributed by atoms with Crippen LogP contribution in [-0.2, 0) is 0 Å². The molecule has 1 atom stereocenters. The predicted octanol–water partition coefficient (Wildman–Crippen LogP) is 1.22. The van der Waals surface area contributed by atoms with E-state index in [1.807, 2.05) is 24.3 Å². The van der Waals surface area contributed by atoms with Crippen molar-refractivity contribution >= 4 is 63.8 Å². The molecule has 0 bridgehead atoms. The van der Waals surface area contributed by atoms with Crippen molar-refractivity contribution in [1.82, 2.24) is 27.9 Å². The van der Waals surface area contributed by atoms with Crippen LogP contribution >= 0.6 is 23.2 Å². The van der Waals surface area contributed by atoms with Crippen LogP contribution in [0, 0.1) is 7.43 Å². The molecule has 4 aromatic heterocycles. The Morgan fingerprint density at radius 1 is 0.786 bits per heavy atom. The van der Waals surface area contributed by atoms with Crippen LogP contribution < -0.4 is 28.4 Å². The van der Waals surface area contributed by atoms with E-state index >= 15 is 0 Å². The SMILES string of the molecule is CC(O)c1cc2ncc(Cl)n2c(=O)n1-c1ccccc1.O=Cc1cc2ncc(Cl)n2c(=O)n1-c1ccccc1.[Br-].[CH3-].[Mg+2]. The molecule has 0 saturated heterocycles. The summed E-state index contributed by atoms with van der Waals surface area (Å²) in [6.07, 6.45) is 2.61. The monoisotopic (exact) mass is 680 g/mol. The first kappa shape index (κ1) is 34.9. The van der Waals surface area contributed by atoms with Gasteiger partial charge in [-0.3, -0.25) is 13.9 Å². The third-order valence-corrected chi connectivity index (χ3v) is 6.44. The van der Waals surface area contributed by atoms with Gasteiger partial charge in [-0.1, -0.05) is 59.6 Å². The summed E-state index contributed by atoms with van der Waals surface area (Å²) in [4.78, 5) is 44.3. The van der Waals surface area contributed by atoms with E-state index < -0.39 is 11.8 Å². The average molecular weight is 683 g/mol. The Morgan fingerprint density at radius 3 is 1.67 bits per heavy atom. The Labute approximate surface area is 276 Å². The van der Waals surface area contributed by atoms with Crippen LogP contribution in [0.4, 0.5) is 0 Å². The van der Waals surface area contributed by atoms with E-state index in [1.165, 1.54) is 36.4 Å². The van der Waals surface area contributed by atoms with Gasteiger partial charge in [0.1, 0.15) is 21.6 Å². The zero-order chi connectivity index (χ0) is 27.7. The zero-order valence-electron chi connectivity index (χ0n) is 22.4. The minimum atomic E-state index is -0.802. The summed E-state index contributed by atoms with van der Waals surface area (Å²) < 4.78 is 5.29. The number of fused-ring (bicyclic) bond motifs is 2. The molecule has 0 aliphatic heterocycles. The van der Waals surface area contributed by atoms with Crippen LogP contribution in [-0.4, -0.2) is 62.3 Å². The molecular weight excluding hydrogens is 659 g/mol. The molecule has 2 aromatic carbocycles. The fourth-order valence-corrected chi connectivity index (χ4v) is 4.57. The van der Waals surface area contributed by atoms with Crippen molar-refractivity contribution in [3.63, 3.8) is 0 Å². The van der Waals surface area contributed by atoms with Crippen LogP contribution in [0.3, 0.4) is 0 Å². The van der Waals surface area contributed by atoms with Gasteiger partial charge in [0.2, 0.25) is 0 Å². The fraction of sp³-hybridized carbons (Fsp3) is 0.0714. The van der Waals surface area contributed by atoms with Gasteiger partial charge in [-0.15, -0.1) is 0 Å². The summed E-state index contributed by atoms with van der Waals surface area (Å²) in [5.74, 6) is 0. The first-order chi connectivity index (χ1) is 18.8. The summed E-state index contributed by atoms with van der Waals surface area (Å²) in [5, 5.41) is 10.4. The number of aldehydes is 1. The molecule has 0 fully saturated rings. The van der Waals surface area contributed by atoms with Crippen molar-refractivity contribution in [2.24, 2.45) is 0 Å². The van der Waals surface area contributed by atoms with Crippen molar-refractivity contribution in [2.75, 3.05) is 0 Å². The number of carbonyl (C=O) groups is 1. The molecule has 0 aliphatic rings. The molecule has 10 nitrogen and oxygen atoms in total. The van der Waals surface area contributed by atoms with Gasteiger partial charge in [0, 0.05) is 12.1 Å². The van der Waals surface area contributed by atoms with Crippen LogP contribution in [0.25, 0.3) is 22.7 Å². The molecular formula is C28H23BrCl2MgN6O4. The molecule has 0 radical (unpaired) electrons. The number of nitrogens with zero attached hydrogens (tertiary/aromatic N) is 6.